The zero-order valence-corrected chi connectivity index (χ0v) is 11.2. The Bertz CT molecular complexity index is 550. The molecule has 1 fully saturated rings. The van der Waals surface area contributed by atoms with Crippen LogP contribution in [0.2, 0.25) is 0 Å². The summed E-state index contributed by atoms with van der Waals surface area (Å²) in [4.78, 5) is 25.4. The van der Waals surface area contributed by atoms with Crippen molar-refractivity contribution in [1.29, 1.82) is 0 Å². The van der Waals surface area contributed by atoms with Crippen molar-refractivity contribution in [2.75, 3.05) is 20.8 Å². The first-order chi connectivity index (χ1) is 9.06. The first-order valence-corrected chi connectivity index (χ1v) is 6.06. The van der Waals surface area contributed by atoms with Gasteiger partial charge in [0.2, 0.25) is 0 Å². The van der Waals surface area contributed by atoms with Crippen molar-refractivity contribution in [1.82, 2.24) is 9.55 Å². The molecule has 3 atom stereocenters. The number of aromatic amines is 1. The lowest BCUT2D eigenvalue weighted by Crippen LogP contribution is -2.33. The van der Waals surface area contributed by atoms with Crippen LogP contribution in [0.5, 0.6) is 0 Å². The van der Waals surface area contributed by atoms with Crippen LogP contribution in [0.1, 0.15) is 18.2 Å². The Kier molecular flexibility index (Phi) is 4.18. The summed E-state index contributed by atoms with van der Waals surface area (Å²) in [6.45, 7) is 2.04. The van der Waals surface area contributed by atoms with E-state index in [1.165, 1.54) is 10.8 Å². The summed E-state index contributed by atoms with van der Waals surface area (Å²) in [6.07, 6.45) is 1.24. The maximum atomic E-state index is 11.8. The van der Waals surface area contributed by atoms with Crippen LogP contribution in [0.15, 0.2) is 15.8 Å². The molecule has 0 spiro atoms. The maximum absolute atomic E-state index is 11.8. The van der Waals surface area contributed by atoms with Gasteiger partial charge in [-0.2, -0.15) is 0 Å². The molecule has 0 saturated carbocycles. The fourth-order valence-corrected chi connectivity index (χ4v) is 2.23. The topological polar surface area (TPSA) is 82.5 Å². The summed E-state index contributed by atoms with van der Waals surface area (Å²) in [5.41, 5.74) is -0.392. The van der Waals surface area contributed by atoms with Crippen molar-refractivity contribution in [2.45, 2.75) is 31.8 Å². The number of hydrogen-bond acceptors (Lipinski definition) is 5. The molecular weight excluding hydrogens is 252 g/mol. The molecule has 1 N–H and O–H groups in total. The van der Waals surface area contributed by atoms with Crippen LogP contribution in [0.4, 0.5) is 0 Å². The van der Waals surface area contributed by atoms with E-state index in [2.05, 4.69) is 4.98 Å². The van der Waals surface area contributed by atoms with Crippen molar-refractivity contribution in [2.24, 2.45) is 0 Å². The van der Waals surface area contributed by atoms with Crippen LogP contribution < -0.4 is 11.2 Å². The van der Waals surface area contributed by atoms with Crippen molar-refractivity contribution in [3.05, 3.63) is 32.6 Å². The number of rotatable bonds is 4. The second kappa shape index (κ2) is 5.68. The highest BCUT2D eigenvalue weighted by atomic mass is 16.6. The molecule has 0 aliphatic carbocycles. The van der Waals surface area contributed by atoms with E-state index in [1.807, 2.05) is 0 Å². The van der Waals surface area contributed by atoms with Crippen LogP contribution in [0.25, 0.3) is 0 Å². The van der Waals surface area contributed by atoms with Gasteiger partial charge in [-0.25, -0.2) is 4.79 Å². The number of ether oxygens (including phenoxy) is 3. The molecular formula is C12H18N2O5. The summed E-state index contributed by atoms with van der Waals surface area (Å²) in [5.74, 6) is 0. The summed E-state index contributed by atoms with van der Waals surface area (Å²) in [6, 6.07) is 0. The van der Waals surface area contributed by atoms with Gasteiger partial charge in [0, 0.05) is 32.4 Å². The normalized spacial score (nSPS) is 26.8. The second-order valence-electron chi connectivity index (χ2n) is 4.57. The Morgan fingerprint density at radius 2 is 2.21 bits per heavy atom. The first-order valence-electron chi connectivity index (χ1n) is 6.06. The molecule has 1 saturated heterocycles. The molecule has 7 heteroatoms. The predicted molar refractivity (Wildman–Crippen MR) is 67.3 cm³/mol. The maximum Gasteiger partial charge on any atom is 0.330 e. The van der Waals surface area contributed by atoms with E-state index < -0.39 is 11.9 Å². The van der Waals surface area contributed by atoms with Crippen LogP contribution in [-0.4, -0.2) is 42.6 Å². The third-order valence-electron chi connectivity index (χ3n) is 3.27. The second-order valence-corrected chi connectivity index (χ2v) is 4.57. The molecule has 1 aromatic rings. The Hall–Kier alpha value is -1.44. The number of hydrogen-bond donors (Lipinski definition) is 1. The van der Waals surface area contributed by atoms with E-state index in [-0.39, 0.29) is 17.8 Å². The molecule has 1 aromatic heterocycles. The number of nitrogens with one attached hydrogen (secondary N) is 1. The lowest BCUT2D eigenvalue weighted by Gasteiger charge is -2.16. The van der Waals surface area contributed by atoms with E-state index in [1.54, 1.807) is 21.1 Å². The monoisotopic (exact) mass is 270 g/mol. The molecule has 1 aliphatic rings. The molecule has 19 heavy (non-hydrogen) atoms. The van der Waals surface area contributed by atoms with Crippen molar-refractivity contribution >= 4 is 0 Å². The van der Waals surface area contributed by atoms with E-state index >= 15 is 0 Å². The van der Waals surface area contributed by atoms with Crippen LogP contribution in [0, 0.1) is 6.92 Å². The predicted octanol–water partition coefficient (Wildman–Crippen LogP) is -0.206. The van der Waals surface area contributed by atoms with Crippen molar-refractivity contribution in [3.63, 3.8) is 0 Å². The molecule has 0 amide bonds. The zero-order valence-electron chi connectivity index (χ0n) is 11.2. The first kappa shape index (κ1) is 14.0. The minimum Gasteiger partial charge on any atom is -0.382 e. The molecule has 0 bridgehead atoms. The van der Waals surface area contributed by atoms with Crippen LogP contribution in [0.3, 0.4) is 0 Å². The van der Waals surface area contributed by atoms with Gasteiger partial charge >= 0.3 is 5.69 Å². The van der Waals surface area contributed by atoms with Crippen molar-refractivity contribution < 1.29 is 14.2 Å². The highest BCUT2D eigenvalue weighted by Crippen LogP contribution is 2.29. The Morgan fingerprint density at radius 3 is 2.84 bits per heavy atom. The summed E-state index contributed by atoms with van der Waals surface area (Å²) < 4.78 is 17.5. The standard InChI is InChI=1S/C12H18N2O5/c1-7-5-14(12(16)13-11(7)15)10-4-8(18-3)9(19-10)6-17-2/h5,8-10H,4,6H2,1-3H3,(H,13,15,16)/t8?,9-,10-/m1/s1. The highest BCUT2D eigenvalue weighted by molar-refractivity contribution is 5.02. The highest BCUT2D eigenvalue weighted by Gasteiger charge is 2.36. The van der Waals surface area contributed by atoms with Crippen LogP contribution >= 0.6 is 0 Å². The van der Waals surface area contributed by atoms with Crippen LogP contribution in [-0.2, 0) is 14.2 Å². The fraction of sp³-hybridized carbons (Fsp3) is 0.667. The van der Waals surface area contributed by atoms with Gasteiger partial charge in [0.15, 0.2) is 0 Å². The van der Waals surface area contributed by atoms with E-state index in [0.717, 1.165) is 0 Å². The SMILES string of the molecule is COC[C@H]1O[C@@H](n2cc(C)c(=O)[nH]c2=O)CC1OC. The Labute approximate surface area is 110 Å². The zero-order chi connectivity index (χ0) is 14.0. The van der Waals surface area contributed by atoms with Gasteiger partial charge in [0.1, 0.15) is 12.3 Å². The number of aryl methyl sites for hydroxylation is 1. The van der Waals surface area contributed by atoms with E-state index in [9.17, 15) is 9.59 Å². The van der Waals surface area contributed by atoms with Gasteiger partial charge in [-0.15, -0.1) is 0 Å². The summed E-state index contributed by atoms with van der Waals surface area (Å²) in [7, 11) is 3.18. The molecule has 0 aromatic carbocycles. The average Bonchev–Trinajstić information content (AvgIpc) is 2.77. The minimum atomic E-state index is -0.478. The van der Waals surface area contributed by atoms with Gasteiger partial charge in [-0.1, -0.05) is 0 Å². The molecule has 1 aliphatic heterocycles. The molecule has 1 unspecified atom stereocenters. The van der Waals surface area contributed by atoms with E-state index in [4.69, 9.17) is 14.2 Å². The number of nitrogens with zero attached hydrogens (tertiary/aromatic N) is 1. The third-order valence-corrected chi connectivity index (χ3v) is 3.27. The lowest BCUT2D eigenvalue weighted by atomic mass is 10.2. The number of H-pyrrole nitrogens is 1. The lowest BCUT2D eigenvalue weighted by molar-refractivity contribution is -0.0618. The van der Waals surface area contributed by atoms with Crippen molar-refractivity contribution in [3.8, 4) is 0 Å². The minimum absolute atomic E-state index is 0.135. The summed E-state index contributed by atoms with van der Waals surface area (Å²) >= 11 is 0. The summed E-state index contributed by atoms with van der Waals surface area (Å²) in [5, 5.41) is 0. The van der Waals surface area contributed by atoms with E-state index in [0.29, 0.717) is 18.6 Å². The van der Waals surface area contributed by atoms with Gasteiger partial charge in [0.05, 0.1) is 12.7 Å². The molecule has 7 nitrogen and oxygen atoms in total. The number of aromatic nitrogens is 2. The average molecular weight is 270 g/mol. The van der Waals surface area contributed by atoms with Gasteiger partial charge in [-0.3, -0.25) is 14.3 Å². The number of methoxy groups -OCH3 is 2. The molecule has 0 radical (unpaired) electrons. The Balaban J connectivity index is 2.27. The molecule has 2 heterocycles. The van der Waals surface area contributed by atoms with Gasteiger partial charge in [0.25, 0.3) is 5.56 Å². The van der Waals surface area contributed by atoms with Gasteiger partial charge in [-0.05, 0) is 6.92 Å². The Morgan fingerprint density at radius 1 is 1.47 bits per heavy atom. The van der Waals surface area contributed by atoms with Gasteiger partial charge < -0.3 is 14.2 Å². The fourth-order valence-electron chi connectivity index (χ4n) is 2.23. The molecule has 106 valence electrons. The largest absolute Gasteiger partial charge is 0.382 e. The molecule has 2 rings (SSSR count). The third kappa shape index (κ3) is 2.78. The quantitative estimate of drug-likeness (QED) is 0.819. The smallest absolute Gasteiger partial charge is 0.330 e.